The highest BCUT2D eigenvalue weighted by Crippen LogP contribution is 2.25. The number of likely N-dealkylation sites (N-methyl/N-ethyl adjacent to an activating group) is 1. The standard InChI is InChI=1S/C8H15F3N2/c1-13-5-4-12-3-2-7(13)6-8(9,10)11/h7,12H,2-6H2,1H3/t7-/m0/s1. The van der Waals surface area contributed by atoms with Gasteiger partial charge in [0.05, 0.1) is 6.42 Å². The first-order valence-electron chi connectivity index (χ1n) is 4.47. The van der Waals surface area contributed by atoms with Crippen molar-refractivity contribution in [2.75, 3.05) is 26.7 Å². The van der Waals surface area contributed by atoms with E-state index in [0.717, 1.165) is 6.54 Å². The van der Waals surface area contributed by atoms with Gasteiger partial charge in [-0.15, -0.1) is 0 Å². The fourth-order valence-electron chi connectivity index (χ4n) is 1.58. The highest BCUT2D eigenvalue weighted by atomic mass is 19.4. The van der Waals surface area contributed by atoms with Crippen LogP contribution in [0.25, 0.3) is 0 Å². The molecule has 0 aromatic heterocycles. The van der Waals surface area contributed by atoms with Gasteiger partial charge in [-0.2, -0.15) is 13.2 Å². The molecule has 78 valence electrons. The summed E-state index contributed by atoms with van der Waals surface area (Å²) in [7, 11) is 1.75. The van der Waals surface area contributed by atoms with Crippen LogP contribution >= 0.6 is 0 Å². The smallest absolute Gasteiger partial charge is 0.315 e. The number of hydrogen-bond donors (Lipinski definition) is 1. The second-order valence-electron chi connectivity index (χ2n) is 3.49. The molecule has 1 fully saturated rings. The molecule has 1 atom stereocenters. The third kappa shape index (κ3) is 3.95. The Labute approximate surface area is 76.1 Å². The Morgan fingerprint density at radius 2 is 2.08 bits per heavy atom. The molecule has 0 saturated carbocycles. The second-order valence-corrected chi connectivity index (χ2v) is 3.49. The Hall–Kier alpha value is -0.290. The Kier molecular flexibility index (Phi) is 3.55. The molecule has 5 heteroatoms. The van der Waals surface area contributed by atoms with Crippen LogP contribution in [0.4, 0.5) is 13.2 Å². The van der Waals surface area contributed by atoms with Crippen LogP contribution in [0.3, 0.4) is 0 Å². The minimum atomic E-state index is -4.04. The zero-order valence-corrected chi connectivity index (χ0v) is 7.69. The summed E-state index contributed by atoms with van der Waals surface area (Å²) in [6.45, 7) is 2.16. The molecule has 0 spiro atoms. The Balaban J connectivity index is 2.45. The Bertz CT molecular complexity index is 158. The Morgan fingerprint density at radius 3 is 2.69 bits per heavy atom. The maximum Gasteiger partial charge on any atom is 0.390 e. The van der Waals surface area contributed by atoms with Crippen molar-refractivity contribution in [3.63, 3.8) is 0 Å². The number of alkyl halides is 3. The lowest BCUT2D eigenvalue weighted by Crippen LogP contribution is -2.36. The van der Waals surface area contributed by atoms with Crippen molar-refractivity contribution in [3.05, 3.63) is 0 Å². The molecule has 1 rings (SSSR count). The number of nitrogens with one attached hydrogen (secondary N) is 1. The fourth-order valence-corrected chi connectivity index (χ4v) is 1.58. The number of nitrogens with zero attached hydrogens (tertiary/aromatic N) is 1. The summed E-state index contributed by atoms with van der Waals surface area (Å²) in [4.78, 5) is 1.79. The predicted octanol–water partition coefficient (Wildman–Crippen LogP) is 1.23. The summed E-state index contributed by atoms with van der Waals surface area (Å²) in [6, 6.07) is -0.352. The number of hydrogen-bond acceptors (Lipinski definition) is 2. The minimum absolute atomic E-state index is 0.352. The molecule has 1 aliphatic heterocycles. The van der Waals surface area contributed by atoms with E-state index in [4.69, 9.17) is 0 Å². The van der Waals surface area contributed by atoms with E-state index in [1.54, 1.807) is 11.9 Å². The third-order valence-electron chi connectivity index (χ3n) is 2.39. The van der Waals surface area contributed by atoms with Crippen molar-refractivity contribution >= 4 is 0 Å². The van der Waals surface area contributed by atoms with Gasteiger partial charge in [-0.05, 0) is 20.0 Å². The van der Waals surface area contributed by atoms with Gasteiger partial charge in [-0.3, -0.25) is 0 Å². The predicted molar refractivity (Wildman–Crippen MR) is 44.6 cm³/mol. The van der Waals surface area contributed by atoms with Crippen LogP contribution in [0.15, 0.2) is 0 Å². The molecule has 2 nitrogen and oxygen atoms in total. The summed E-state index contributed by atoms with van der Waals surface area (Å²) < 4.78 is 36.3. The number of rotatable bonds is 1. The van der Waals surface area contributed by atoms with Crippen LogP contribution in [0.5, 0.6) is 0 Å². The zero-order chi connectivity index (χ0) is 9.90. The van der Waals surface area contributed by atoms with Crippen molar-refractivity contribution in [2.45, 2.75) is 25.1 Å². The normalized spacial score (nSPS) is 27.2. The van der Waals surface area contributed by atoms with Crippen molar-refractivity contribution in [1.82, 2.24) is 10.2 Å². The first-order valence-corrected chi connectivity index (χ1v) is 4.47. The molecule has 0 unspecified atom stereocenters. The lowest BCUT2D eigenvalue weighted by atomic mass is 10.1. The molecule has 1 N–H and O–H groups in total. The molecule has 1 saturated heterocycles. The van der Waals surface area contributed by atoms with Crippen LogP contribution in [-0.2, 0) is 0 Å². The van der Waals surface area contributed by atoms with E-state index >= 15 is 0 Å². The van der Waals surface area contributed by atoms with Crippen molar-refractivity contribution in [3.8, 4) is 0 Å². The van der Waals surface area contributed by atoms with Crippen LogP contribution in [0.1, 0.15) is 12.8 Å². The number of halogens is 3. The van der Waals surface area contributed by atoms with Crippen molar-refractivity contribution in [1.29, 1.82) is 0 Å². The van der Waals surface area contributed by atoms with Gasteiger partial charge in [0.15, 0.2) is 0 Å². The van der Waals surface area contributed by atoms with Gasteiger partial charge in [0.2, 0.25) is 0 Å². The van der Waals surface area contributed by atoms with Crippen LogP contribution in [0, 0.1) is 0 Å². The molecule has 13 heavy (non-hydrogen) atoms. The summed E-state index contributed by atoms with van der Waals surface area (Å²) in [6.07, 6.45) is -4.15. The van der Waals surface area contributed by atoms with Crippen LogP contribution in [0.2, 0.25) is 0 Å². The molecular weight excluding hydrogens is 181 g/mol. The molecule has 0 radical (unpaired) electrons. The minimum Gasteiger partial charge on any atom is -0.315 e. The molecule has 0 bridgehead atoms. The third-order valence-corrected chi connectivity index (χ3v) is 2.39. The summed E-state index contributed by atoms with van der Waals surface area (Å²) in [5.74, 6) is 0. The SMILES string of the molecule is CN1CCNCC[C@H]1CC(F)(F)F. The highest BCUT2D eigenvalue weighted by molar-refractivity contribution is 4.76. The zero-order valence-electron chi connectivity index (χ0n) is 7.69. The van der Waals surface area contributed by atoms with E-state index < -0.39 is 12.6 Å². The first kappa shape index (κ1) is 10.8. The van der Waals surface area contributed by atoms with Crippen molar-refractivity contribution in [2.24, 2.45) is 0 Å². The van der Waals surface area contributed by atoms with E-state index in [1.807, 2.05) is 0 Å². The van der Waals surface area contributed by atoms with Gasteiger partial charge < -0.3 is 10.2 Å². The van der Waals surface area contributed by atoms with Gasteiger partial charge in [-0.25, -0.2) is 0 Å². The van der Waals surface area contributed by atoms with Gasteiger partial charge >= 0.3 is 6.18 Å². The molecule has 1 heterocycles. The molecule has 1 aliphatic rings. The van der Waals surface area contributed by atoms with Gasteiger partial charge in [0.1, 0.15) is 0 Å². The van der Waals surface area contributed by atoms with E-state index in [0.29, 0.717) is 19.5 Å². The molecule has 0 aliphatic carbocycles. The van der Waals surface area contributed by atoms with Crippen LogP contribution < -0.4 is 5.32 Å². The topological polar surface area (TPSA) is 15.3 Å². The lowest BCUT2D eigenvalue weighted by Gasteiger charge is -2.25. The molecule has 0 aromatic carbocycles. The monoisotopic (exact) mass is 196 g/mol. The second kappa shape index (κ2) is 4.28. The molecule has 0 aromatic rings. The lowest BCUT2D eigenvalue weighted by molar-refractivity contribution is -0.146. The quantitative estimate of drug-likeness (QED) is 0.678. The van der Waals surface area contributed by atoms with E-state index in [-0.39, 0.29) is 6.04 Å². The summed E-state index contributed by atoms with van der Waals surface area (Å²) >= 11 is 0. The highest BCUT2D eigenvalue weighted by Gasteiger charge is 2.33. The molecule has 0 amide bonds. The van der Waals surface area contributed by atoms with Crippen LogP contribution in [-0.4, -0.2) is 43.8 Å². The summed E-state index contributed by atoms with van der Waals surface area (Å²) in [5.41, 5.74) is 0. The largest absolute Gasteiger partial charge is 0.390 e. The van der Waals surface area contributed by atoms with Gasteiger partial charge in [-0.1, -0.05) is 0 Å². The first-order chi connectivity index (χ1) is 5.99. The van der Waals surface area contributed by atoms with E-state index in [1.165, 1.54) is 0 Å². The summed E-state index contributed by atoms with van der Waals surface area (Å²) in [5, 5.41) is 3.08. The maximum atomic E-state index is 12.1. The van der Waals surface area contributed by atoms with Crippen molar-refractivity contribution < 1.29 is 13.2 Å². The molecular formula is C8H15F3N2. The maximum absolute atomic E-state index is 12.1. The fraction of sp³-hybridized carbons (Fsp3) is 1.00. The Morgan fingerprint density at radius 1 is 1.38 bits per heavy atom. The van der Waals surface area contributed by atoms with Gasteiger partial charge in [0.25, 0.3) is 0 Å². The van der Waals surface area contributed by atoms with Gasteiger partial charge in [0, 0.05) is 19.1 Å². The van der Waals surface area contributed by atoms with E-state index in [9.17, 15) is 13.2 Å². The van der Waals surface area contributed by atoms with E-state index in [2.05, 4.69) is 5.32 Å². The average Bonchev–Trinajstić information content (AvgIpc) is 2.14. The average molecular weight is 196 g/mol.